The van der Waals surface area contributed by atoms with Gasteiger partial charge in [-0.25, -0.2) is 5.01 Å². The van der Waals surface area contributed by atoms with Crippen LogP contribution in [-0.2, 0) is 9.59 Å². The highest BCUT2D eigenvalue weighted by Crippen LogP contribution is 2.29. The van der Waals surface area contributed by atoms with Gasteiger partial charge in [-0.15, -0.1) is 0 Å². The Morgan fingerprint density at radius 3 is 2.36 bits per heavy atom. The molecule has 0 atom stereocenters. The number of nitrogens with one attached hydrogen (secondary N) is 1. The second-order valence-electron chi connectivity index (χ2n) is 6.99. The number of benzene rings is 3. The fourth-order valence-corrected chi connectivity index (χ4v) is 3.36. The molecular weight excluding hydrogens is 488 g/mol. The molecule has 2 amide bonds. The van der Waals surface area contributed by atoms with Crippen molar-refractivity contribution in [1.29, 1.82) is 0 Å². The Bertz CT molecular complexity index is 1250. The van der Waals surface area contributed by atoms with Crippen molar-refractivity contribution in [2.75, 3.05) is 11.6 Å². The molecule has 0 aromatic heterocycles. The zero-order valence-corrected chi connectivity index (χ0v) is 19.1. The Balaban J connectivity index is 1.56. The first kappa shape index (κ1) is 22.2. The molecule has 0 aliphatic carbocycles. The molecular formula is C24H19BrN4O4. The van der Waals surface area contributed by atoms with Crippen molar-refractivity contribution in [3.05, 3.63) is 82.3 Å². The lowest BCUT2D eigenvalue weighted by Crippen LogP contribution is -2.35. The van der Waals surface area contributed by atoms with Gasteiger partial charge in [-0.1, -0.05) is 15.9 Å². The lowest BCUT2D eigenvalue weighted by Gasteiger charge is -2.14. The molecule has 0 saturated carbocycles. The van der Waals surface area contributed by atoms with Gasteiger partial charge in [0, 0.05) is 10.0 Å². The summed E-state index contributed by atoms with van der Waals surface area (Å²) < 4.78 is 6.25. The smallest absolute Gasteiger partial charge is 0.282 e. The van der Waals surface area contributed by atoms with E-state index in [1.807, 2.05) is 6.92 Å². The molecule has 0 unspecified atom stereocenters. The van der Waals surface area contributed by atoms with Crippen LogP contribution >= 0.6 is 15.9 Å². The summed E-state index contributed by atoms with van der Waals surface area (Å²) in [6.07, 6.45) is 1.34. The Morgan fingerprint density at radius 2 is 1.67 bits per heavy atom. The van der Waals surface area contributed by atoms with Crippen LogP contribution in [0.1, 0.15) is 12.5 Å². The van der Waals surface area contributed by atoms with E-state index >= 15 is 0 Å². The van der Waals surface area contributed by atoms with Crippen LogP contribution in [0.5, 0.6) is 11.5 Å². The molecule has 1 fully saturated rings. The van der Waals surface area contributed by atoms with E-state index in [9.17, 15) is 14.7 Å². The predicted octanol–water partition coefficient (Wildman–Crippen LogP) is 5.43. The van der Waals surface area contributed by atoms with Gasteiger partial charge in [-0.3, -0.25) is 15.0 Å². The summed E-state index contributed by atoms with van der Waals surface area (Å²) >= 11 is 3.34. The van der Waals surface area contributed by atoms with Crippen LogP contribution in [0.3, 0.4) is 0 Å². The van der Waals surface area contributed by atoms with Crippen LogP contribution < -0.4 is 15.2 Å². The molecule has 33 heavy (non-hydrogen) atoms. The van der Waals surface area contributed by atoms with E-state index in [0.29, 0.717) is 23.7 Å². The van der Waals surface area contributed by atoms with Crippen molar-refractivity contribution >= 4 is 50.9 Å². The molecule has 9 heteroatoms. The van der Waals surface area contributed by atoms with E-state index in [4.69, 9.17) is 4.74 Å². The summed E-state index contributed by atoms with van der Waals surface area (Å²) in [6.45, 7) is 2.49. The van der Waals surface area contributed by atoms with Gasteiger partial charge in [-0.05, 0) is 79.7 Å². The highest BCUT2D eigenvalue weighted by Gasteiger charge is 2.34. The summed E-state index contributed by atoms with van der Waals surface area (Å²) in [5.41, 5.74) is 4.29. The molecule has 3 aromatic carbocycles. The number of phenolic OH excluding ortho intramolecular Hbond substituents is 1. The Hall–Kier alpha value is -3.98. The van der Waals surface area contributed by atoms with Crippen LogP contribution in [-0.4, -0.2) is 23.5 Å². The summed E-state index contributed by atoms with van der Waals surface area (Å²) in [7, 11) is 0. The van der Waals surface area contributed by atoms with Crippen molar-refractivity contribution < 1.29 is 19.4 Å². The number of aromatic hydroxyl groups is 1. The summed E-state index contributed by atoms with van der Waals surface area (Å²) in [6, 6.07) is 18.6. The maximum absolute atomic E-state index is 12.8. The lowest BCUT2D eigenvalue weighted by atomic mass is 10.1. The fraction of sp³-hybridized carbons (Fsp3) is 0.0833. The third-order valence-electron chi connectivity index (χ3n) is 4.72. The van der Waals surface area contributed by atoms with E-state index in [0.717, 1.165) is 15.2 Å². The highest BCUT2D eigenvalue weighted by molar-refractivity contribution is 9.10. The number of halogens is 1. The van der Waals surface area contributed by atoms with Crippen LogP contribution in [0, 0.1) is 0 Å². The first-order valence-corrected chi connectivity index (χ1v) is 10.8. The zero-order valence-electron chi connectivity index (χ0n) is 17.5. The number of nitrogens with zero attached hydrogens (tertiary/aromatic N) is 3. The summed E-state index contributed by atoms with van der Waals surface area (Å²) in [4.78, 5) is 25.3. The minimum absolute atomic E-state index is 0.0924. The van der Waals surface area contributed by atoms with Crippen molar-refractivity contribution in [3.8, 4) is 11.5 Å². The van der Waals surface area contributed by atoms with Crippen LogP contribution in [0.4, 0.5) is 17.1 Å². The first-order valence-electron chi connectivity index (χ1n) is 10.0. The fourth-order valence-electron chi connectivity index (χ4n) is 3.10. The van der Waals surface area contributed by atoms with Gasteiger partial charge in [0.25, 0.3) is 11.8 Å². The minimum atomic E-state index is -0.566. The Labute approximate surface area is 198 Å². The third kappa shape index (κ3) is 5.09. The van der Waals surface area contributed by atoms with E-state index in [-0.39, 0.29) is 16.9 Å². The molecule has 3 aromatic rings. The van der Waals surface area contributed by atoms with Gasteiger partial charge in [0.2, 0.25) is 0 Å². The monoisotopic (exact) mass is 506 g/mol. The number of amides is 2. The Morgan fingerprint density at radius 1 is 1.00 bits per heavy atom. The molecule has 166 valence electrons. The van der Waals surface area contributed by atoms with E-state index < -0.39 is 11.8 Å². The first-order chi connectivity index (χ1) is 15.9. The number of carbonyl (C=O) groups is 2. The van der Waals surface area contributed by atoms with Crippen molar-refractivity contribution in [3.63, 3.8) is 0 Å². The molecule has 0 radical (unpaired) electrons. The SMILES string of the molecule is CCOc1ccc(N=Nc2ccc(O)c(C=C3C(=O)NN(c4ccc(Br)cc4)C3=O)c2)cc1. The standard InChI is InChI=1S/C24H19BrN4O4/c1-2-33-20-10-5-17(6-11-20)26-27-18-7-12-22(30)15(13-18)14-21-23(31)28-29(24(21)32)19-8-3-16(25)4-9-19/h3-14,30H,2H2,1H3,(H,28,31). The topological polar surface area (TPSA) is 104 Å². The lowest BCUT2D eigenvalue weighted by molar-refractivity contribution is -0.117. The molecule has 1 aliphatic heterocycles. The molecule has 1 saturated heterocycles. The third-order valence-corrected chi connectivity index (χ3v) is 5.24. The minimum Gasteiger partial charge on any atom is -0.507 e. The number of hydrogen-bond donors (Lipinski definition) is 2. The maximum atomic E-state index is 12.8. The number of phenols is 1. The Kier molecular flexibility index (Phi) is 6.50. The quantitative estimate of drug-likeness (QED) is 0.264. The van der Waals surface area contributed by atoms with Crippen LogP contribution in [0.15, 0.2) is 87.0 Å². The van der Waals surface area contributed by atoms with E-state index in [1.165, 1.54) is 12.1 Å². The largest absolute Gasteiger partial charge is 0.507 e. The van der Waals surface area contributed by atoms with Gasteiger partial charge in [0.1, 0.15) is 17.1 Å². The van der Waals surface area contributed by atoms with Gasteiger partial charge in [0.15, 0.2) is 0 Å². The van der Waals surface area contributed by atoms with Crippen molar-refractivity contribution in [1.82, 2.24) is 5.43 Å². The molecule has 0 spiro atoms. The van der Waals surface area contributed by atoms with E-state index in [2.05, 4.69) is 31.6 Å². The normalized spacial score (nSPS) is 14.8. The number of rotatable bonds is 6. The average Bonchev–Trinajstić information content (AvgIpc) is 3.09. The summed E-state index contributed by atoms with van der Waals surface area (Å²) in [5.74, 6) is -0.441. The number of ether oxygens (including phenoxy) is 1. The molecule has 8 nitrogen and oxygen atoms in total. The number of hydrazine groups is 1. The van der Waals surface area contributed by atoms with Crippen LogP contribution in [0.25, 0.3) is 6.08 Å². The maximum Gasteiger partial charge on any atom is 0.282 e. The number of carbonyl (C=O) groups excluding carboxylic acids is 2. The zero-order chi connectivity index (χ0) is 23.4. The highest BCUT2D eigenvalue weighted by atomic mass is 79.9. The van der Waals surface area contributed by atoms with E-state index in [1.54, 1.807) is 60.7 Å². The molecule has 1 aliphatic rings. The molecule has 0 bridgehead atoms. The van der Waals surface area contributed by atoms with Crippen molar-refractivity contribution in [2.45, 2.75) is 6.92 Å². The molecule has 4 rings (SSSR count). The van der Waals surface area contributed by atoms with Crippen molar-refractivity contribution in [2.24, 2.45) is 10.2 Å². The second-order valence-corrected chi connectivity index (χ2v) is 7.90. The number of anilines is 1. The predicted molar refractivity (Wildman–Crippen MR) is 128 cm³/mol. The number of hydrogen-bond acceptors (Lipinski definition) is 6. The van der Waals surface area contributed by atoms with Gasteiger partial charge in [0.05, 0.1) is 23.7 Å². The molecule has 2 N–H and O–H groups in total. The summed E-state index contributed by atoms with van der Waals surface area (Å²) in [5, 5.41) is 19.8. The van der Waals surface area contributed by atoms with Gasteiger partial charge >= 0.3 is 0 Å². The van der Waals surface area contributed by atoms with Crippen LogP contribution in [0.2, 0.25) is 0 Å². The average molecular weight is 507 g/mol. The van der Waals surface area contributed by atoms with Gasteiger partial charge < -0.3 is 9.84 Å². The second kappa shape index (κ2) is 9.66. The van der Waals surface area contributed by atoms with Gasteiger partial charge in [-0.2, -0.15) is 10.2 Å². The number of azo groups is 1. The molecule has 1 heterocycles.